The Labute approximate surface area is 184 Å². The lowest BCUT2D eigenvalue weighted by molar-refractivity contribution is -0.0334. The zero-order chi connectivity index (χ0) is 21.5. The maximum atomic E-state index is 5.75. The third-order valence-corrected chi connectivity index (χ3v) is 6.71. The van der Waals surface area contributed by atoms with Crippen molar-refractivity contribution in [2.45, 2.75) is 52.3 Å². The standard InChI is InChI=1S/C22H36N6OS/c1-6-18-17(19(7-2)27(5)26-18)13-24-22(23-4)25-14-20(21-9-8-12-30-21)28-10-11-29-16(3)15-28/h8-9,12,16,20H,6-7,10-11,13-15H2,1-5H3,(H2,23,24,25). The molecule has 0 radical (unpaired) electrons. The van der Waals surface area contributed by atoms with Crippen molar-refractivity contribution in [2.75, 3.05) is 33.3 Å². The van der Waals surface area contributed by atoms with Crippen molar-refractivity contribution < 1.29 is 4.74 Å². The number of nitrogens with zero attached hydrogens (tertiary/aromatic N) is 4. The van der Waals surface area contributed by atoms with E-state index >= 15 is 0 Å². The largest absolute Gasteiger partial charge is 0.376 e. The summed E-state index contributed by atoms with van der Waals surface area (Å²) in [7, 11) is 3.86. The van der Waals surface area contributed by atoms with E-state index in [9.17, 15) is 0 Å². The molecule has 7 nitrogen and oxygen atoms in total. The van der Waals surface area contributed by atoms with E-state index in [1.807, 2.05) is 30.1 Å². The molecule has 0 amide bonds. The number of aromatic nitrogens is 2. The highest BCUT2D eigenvalue weighted by Crippen LogP contribution is 2.26. The number of ether oxygens (including phenoxy) is 1. The van der Waals surface area contributed by atoms with E-state index in [4.69, 9.17) is 4.74 Å². The van der Waals surface area contributed by atoms with Gasteiger partial charge in [0, 0.05) is 56.4 Å². The van der Waals surface area contributed by atoms with Crippen molar-refractivity contribution in [1.29, 1.82) is 0 Å². The molecule has 0 aromatic carbocycles. The van der Waals surface area contributed by atoms with Crippen molar-refractivity contribution in [3.05, 3.63) is 39.3 Å². The molecule has 1 aliphatic rings. The van der Waals surface area contributed by atoms with E-state index in [2.05, 4.69) is 63.9 Å². The Morgan fingerprint density at radius 3 is 2.83 bits per heavy atom. The van der Waals surface area contributed by atoms with Gasteiger partial charge >= 0.3 is 0 Å². The van der Waals surface area contributed by atoms with Crippen LogP contribution in [-0.4, -0.2) is 60.0 Å². The summed E-state index contributed by atoms with van der Waals surface area (Å²) < 4.78 is 7.77. The summed E-state index contributed by atoms with van der Waals surface area (Å²) in [5, 5.41) is 13.9. The van der Waals surface area contributed by atoms with Crippen LogP contribution in [0.1, 0.15) is 48.6 Å². The molecule has 0 saturated carbocycles. The van der Waals surface area contributed by atoms with E-state index in [1.54, 1.807) is 0 Å². The van der Waals surface area contributed by atoms with Gasteiger partial charge in [-0.3, -0.25) is 14.6 Å². The number of rotatable bonds is 8. The third-order valence-electron chi connectivity index (χ3n) is 5.73. The average molecular weight is 433 g/mol. The fourth-order valence-corrected chi connectivity index (χ4v) is 5.06. The Morgan fingerprint density at radius 1 is 1.37 bits per heavy atom. The lowest BCUT2D eigenvalue weighted by Gasteiger charge is -2.37. The number of guanidine groups is 1. The van der Waals surface area contributed by atoms with Gasteiger partial charge in [-0.15, -0.1) is 11.3 Å². The number of nitrogens with one attached hydrogen (secondary N) is 2. The van der Waals surface area contributed by atoms with E-state index in [0.717, 1.165) is 57.3 Å². The molecule has 0 aliphatic carbocycles. The zero-order valence-electron chi connectivity index (χ0n) is 18.9. The van der Waals surface area contributed by atoms with Crippen LogP contribution in [-0.2, 0) is 31.2 Å². The molecule has 1 aliphatic heterocycles. The van der Waals surface area contributed by atoms with Gasteiger partial charge < -0.3 is 15.4 Å². The second-order valence-corrected chi connectivity index (χ2v) is 8.70. The first-order valence-corrected chi connectivity index (χ1v) is 11.8. The highest BCUT2D eigenvalue weighted by Gasteiger charge is 2.26. The summed E-state index contributed by atoms with van der Waals surface area (Å²) in [6, 6.07) is 4.67. The third kappa shape index (κ3) is 5.42. The van der Waals surface area contributed by atoms with Crippen LogP contribution in [0.5, 0.6) is 0 Å². The van der Waals surface area contributed by atoms with E-state index in [-0.39, 0.29) is 6.10 Å². The van der Waals surface area contributed by atoms with Crippen molar-refractivity contribution in [2.24, 2.45) is 12.0 Å². The summed E-state index contributed by atoms with van der Waals surface area (Å²) in [5.41, 5.74) is 3.74. The molecule has 166 valence electrons. The van der Waals surface area contributed by atoms with Gasteiger partial charge in [-0.2, -0.15) is 5.10 Å². The van der Waals surface area contributed by atoms with Crippen molar-refractivity contribution in [3.8, 4) is 0 Å². The molecule has 0 bridgehead atoms. The minimum atomic E-state index is 0.268. The molecule has 2 atom stereocenters. The smallest absolute Gasteiger partial charge is 0.191 e. The number of morpholine rings is 1. The van der Waals surface area contributed by atoms with Crippen LogP contribution < -0.4 is 10.6 Å². The number of aliphatic imine (C=N–C) groups is 1. The van der Waals surface area contributed by atoms with Crippen LogP contribution in [0.15, 0.2) is 22.5 Å². The summed E-state index contributed by atoms with van der Waals surface area (Å²) in [5.74, 6) is 0.825. The first-order valence-electron chi connectivity index (χ1n) is 10.9. The van der Waals surface area contributed by atoms with Gasteiger partial charge in [0.25, 0.3) is 0 Å². The van der Waals surface area contributed by atoms with Gasteiger partial charge in [0.1, 0.15) is 0 Å². The van der Waals surface area contributed by atoms with Crippen LogP contribution in [0, 0.1) is 0 Å². The molecule has 8 heteroatoms. The molecule has 3 rings (SSSR count). The highest BCUT2D eigenvalue weighted by atomic mass is 32.1. The van der Waals surface area contributed by atoms with Crippen molar-refractivity contribution in [1.82, 2.24) is 25.3 Å². The maximum absolute atomic E-state index is 5.75. The Morgan fingerprint density at radius 2 is 2.20 bits per heavy atom. The number of hydrogen-bond donors (Lipinski definition) is 2. The second-order valence-electron chi connectivity index (χ2n) is 7.72. The van der Waals surface area contributed by atoms with Gasteiger partial charge in [0.05, 0.1) is 24.4 Å². The van der Waals surface area contributed by atoms with E-state index < -0.39 is 0 Å². The molecule has 2 aromatic rings. The van der Waals surface area contributed by atoms with Crippen molar-refractivity contribution in [3.63, 3.8) is 0 Å². The highest BCUT2D eigenvalue weighted by molar-refractivity contribution is 7.10. The fourth-order valence-electron chi connectivity index (χ4n) is 4.20. The predicted molar refractivity (Wildman–Crippen MR) is 124 cm³/mol. The minimum absolute atomic E-state index is 0.268. The van der Waals surface area contributed by atoms with Crippen molar-refractivity contribution >= 4 is 17.3 Å². The van der Waals surface area contributed by atoms with Crippen LogP contribution >= 0.6 is 11.3 Å². The van der Waals surface area contributed by atoms with Gasteiger partial charge in [-0.25, -0.2) is 0 Å². The first-order chi connectivity index (χ1) is 14.6. The van der Waals surface area contributed by atoms with E-state index in [0.29, 0.717) is 6.04 Å². The molecule has 2 N–H and O–H groups in total. The Kier molecular flexibility index (Phi) is 8.30. The topological polar surface area (TPSA) is 66.7 Å². The van der Waals surface area contributed by atoms with Gasteiger partial charge in [-0.05, 0) is 31.2 Å². The molecule has 0 spiro atoms. The summed E-state index contributed by atoms with van der Waals surface area (Å²) in [6.45, 7) is 10.7. The van der Waals surface area contributed by atoms with Gasteiger partial charge in [-0.1, -0.05) is 19.9 Å². The number of aryl methyl sites for hydroxylation is 2. The molecule has 1 fully saturated rings. The Hall–Kier alpha value is -1.90. The molecule has 2 unspecified atom stereocenters. The average Bonchev–Trinajstić information content (AvgIpc) is 3.38. The van der Waals surface area contributed by atoms with Gasteiger partial charge in [0.2, 0.25) is 0 Å². The zero-order valence-corrected chi connectivity index (χ0v) is 19.8. The molecule has 2 aromatic heterocycles. The monoisotopic (exact) mass is 432 g/mol. The normalized spacial score (nSPS) is 19.1. The lowest BCUT2D eigenvalue weighted by atomic mass is 10.1. The van der Waals surface area contributed by atoms with Crippen LogP contribution in [0.4, 0.5) is 0 Å². The lowest BCUT2D eigenvalue weighted by Crippen LogP contribution is -2.48. The predicted octanol–water partition coefficient (Wildman–Crippen LogP) is 2.73. The molecular formula is C22H36N6OS. The summed E-state index contributed by atoms with van der Waals surface area (Å²) in [4.78, 5) is 8.36. The fraction of sp³-hybridized carbons (Fsp3) is 0.636. The number of hydrogen-bond acceptors (Lipinski definition) is 5. The van der Waals surface area contributed by atoms with Crippen LogP contribution in [0.2, 0.25) is 0 Å². The SMILES string of the molecule is CCc1nn(C)c(CC)c1CNC(=NC)NCC(c1cccs1)N1CCOC(C)C1. The molecule has 1 saturated heterocycles. The van der Waals surface area contributed by atoms with Crippen LogP contribution in [0.3, 0.4) is 0 Å². The quantitative estimate of drug-likeness (QED) is 0.496. The molecule has 3 heterocycles. The summed E-state index contributed by atoms with van der Waals surface area (Å²) >= 11 is 1.81. The summed E-state index contributed by atoms with van der Waals surface area (Å²) in [6.07, 6.45) is 2.18. The number of thiophene rings is 1. The van der Waals surface area contributed by atoms with Gasteiger partial charge in [0.15, 0.2) is 5.96 Å². The first kappa shape index (κ1) is 22.8. The maximum Gasteiger partial charge on any atom is 0.191 e. The minimum Gasteiger partial charge on any atom is -0.376 e. The van der Waals surface area contributed by atoms with Crippen LogP contribution in [0.25, 0.3) is 0 Å². The van der Waals surface area contributed by atoms with E-state index in [1.165, 1.54) is 16.1 Å². The Balaban J connectivity index is 1.65. The molecular weight excluding hydrogens is 396 g/mol. The second kappa shape index (κ2) is 10.9. The Bertz CT molecular complexity index is 816. The molecule has 30 heavy (non-hydrogen) atoms.